The summed E-state index contributed by atoms with van der Waals surface area (Å²) in [5, 5.41) is 4.59. The zero-order chi connectivity index (χ0) is 11.5. The van der Waals surface area contributed by atoms with Crippen LogP contribution in [-0.4, -0.2) is 23.2 Å². The molecule has 0 unspecified atom stereocenters. The minimum Gasteiger partial charge on any atom is -0.303 e. The van der Waals surface area contributed by atoms with Gasteiger partial charge in [-0.25, -0.2) is 4.68 Å². The first kappa shape index (κ1) is 11.2. The first-order valence-corrected chi connectivity index (χ1v) is 6.02. The van der Waals surface area contributed by atoms with Crippen molar-refractivity contribution in [3.05, 3.63) is 11.8 Å². The van der Waals surface area contributed by atoms with Crippen LogP contribution in [0.25, 0.3) is 0 Å². The molecule has 1 aromatic rings. The van der Waals surface area contributed by atoms with Crippen molar-refractivity contribution in [3.63, 3.8) is 0 Å². The summed E-state index contributed by atoms with van der Waals surface area (Å²) in [6, 6.07) is 2.06. The van der Waals surface area contributed by atoms with Crippen LogP contribution in [0.2, 0.25) is 0 Å². The van der Waals surface area contributed by atoms with Crippen molar-refractivity contribution in [2.75, 3.05) is 11.9 Å². The van der Waals surface area contributed by atoms with Gasteiger partial charge in [0.25, 0.3) is 0 Å². The molecular formula is C12H19N3O. The molecule has 0 saturated heterocycles. The number of rotatable bonds is 6. The smallest absolute Gasteiger partial charge is 0.215 e. The Morgan fingerprint density at radius 2 is 2.38 bits per heavy atom. The van der Waals surface area contributed by atoms with Crippen molar-refractivity contribution >= 4 is 12.2 Å². The highest BCUT2D eigenvalue weighted by atomic mass is 16.1. The Balaban J connectivity index is 2.20. The fourth-order valence-corrected chi connectivity index (χ4v) is 1.82. The Morgan fingerprint density at radius 3 is 2.94 bits per heavy atom. The van der Waals surface area contributed by atoms with Crippen LogP contribution >= 0.6 is 0 Å². The molecular weight excluding hydrogens is 202 g/mol. The van der Waals surface area contributed by atoms with E-state index in [2.05, 4.69) is 18.1 Å². The molecule has 1 aromatic heterocycles. The molecule has 0 bridgehead atoms. The number of unbranched alkanes of at least 4 members (excludes halogenated alkanes) is 1. The molecule has 4 nitrogen and oxygen atoms in total. The Bertz CT molecular complexity index is 368. The van der Waals surface area contributed by atoms with Gasteiger partial charge in [0.2, 0.25) is 6.41 Å². The van der Waals surface area contributed by atoms with Gasteiger partial charge in [0, 0.05) is 25.6 Å². The van der Waals surface area contributed by atoms with E-state index in [0.717, 1.165) is 37.3 Å². The molecule has 0 radical (unpaired) electrons. The van der Waals surface area contributed by atoms with Crippen molar-refractivity contribution in [2.24, 2.45) is 0 Å². The number of anilines is 1. The third-order valence-corrected chi connectivity index (χ3v) is 3.02. The van der Waals surface area contributed by atoms with E-state index < -0.39 is 0 Å². The first-order valence-electron chi connectivity index (χ1n) is 6.02. The van der Waals surface area contributed by atoms with Gasteiger partial charge in [0.1, 0.15) is 5.82 Å². The SMILES string of the molecule is CCCCn1nc(C2CC2)cc1N(C)C=O. The Morgan fingerprint density at radius 1 is 1.62 bits per heavy atom. The van der Waals surface area contributed by atoms with Crippen LogP contribution in [-0.2, 0) is 11.3 Å². The monoisotopic (exact) mass is 221 g/mol. The average molecular weight is 221 g/mol. The summed E-state index contributed by atoms with van der Waals surface area (Å²) in [5.74, 6) is 1.56. The third kappa shape index (κ3) is 2.26. The zero-order valence-electron chi connectivity index (χ0n) is 10.0. The lowest BCUT2D eigenvalue weighted by atomic mass is 10.3. The predicted octanol–water partition coefficient (Wildman–Crippen LogP) is 2.15. The van der Waals surface area contributed by atoms with Gasteiger partial charge in [0.05, 0.1) is 5.69 Å². The molecule has 16 heavy (non-hydrogen) atoms. The summed E-state index contributed by atoms with van der Waals surface area (Å²) in [5.41, 5.74) is 1.15. The molecule has 1 saturated carbocycles. The second kappa shape index (κ2) is 4.68. The van der Waals surface area contributed by atoms with E-state index in [4.69, 9.17) is 0 Å². The summed E-state index contributed by atoms with van der Waals surface area (Å²) in [4.78, 5) is 12.4. The van der Waals surface area contributed by atoms with E-state index in [1.165, 1.54) is 12.8 Å². The molecule has 1 fully saturated rings. The normalized spacial score (nSPS) is 15.1. The number of carbonyl (C=O) groups is 1. The number of carbonyl (C=O) groups excluding carboxylic acids is 1. The second-order valence-corrected chi connectivity index (χ2v) is 4.49. The van der Waals surface area contributed by atoms with E-state index in [-0.39, 0.29) is 0 Å². The lowest BCUT2D eigenvalue weighted by Crippen LogP contribution is -2.18. The number of aromatic nitrogens is 2. The lowest BCUT2D eigenvalue weighted by Gasteiger charge is -2.12. The van der Waals surface area contributed by atoms with E-state index >= 15 is 0 Å². The molecule has 0 aliphatic heterocycles. The van der Waals surface area contributed by atoms with E-state index in [1.807, 2.05) is 4.68 Å². The van der Waals surface area contributed by atoms with Gasteiger partial charge in [-0.05, 0) is 19.3 Å². The summed E-state index contributed by atoms with van der Waals surface area (Å²) in [6.07, 6.45) is 5.58. The van der Waals surface area contributed by atoms with Gasteiger partial charge in [0.15, 0.2) is 0 Å². The molecule has 0 N–H and O–H groups in total. The van der Waals surface area contributed by atoms with Crippen LogP contribution < -0.4 is 4.90 Å². The van der Waals surface area contributed by atoms with Crippen molar-refractivity contribution in [2.45, 2.75) is 45.1 Å². The fraction of sp³-hybridized carbons (Fsp3) is 0.667. The summed E-state index contributed by atoms with van der Waals surface area (Å²) in [6.45, 7) is 3.06. The van der Waals surface area contributed by atoms with E-state index in [1.54, 1.807) is 11.9 Å². The van der Waals surface area contributed by atoms with Crippen molar-refractivity contribution in [3.8, 4) is 0 Å². The topological polar surface area (TPSA) is 38.1 Å². The highest BCUT2D eigenvalue weighted by Crippen LogP contribution is 2.40. The second-order valence-electron chi connectivity index (χ2n) is 4.49. The van der Waals surface area contributed by atoms with E-state index in [9.17, 15) is 4.79 Å². The first-order chi connectivity index (χ1) is 7.76. The maximum Gasteiger partial charge on any atom is 0.215 e. The average Bonchev–Trinajstić information content (AvgIpc) is 3.06. The number of hydrogen-bond acceptors (Lipinski definition) is 2. The van der Waals surface area contributed by atoms with Crippen LogP contribution in [0.4, 0.5) is 5.82 Å². The highest BCUT2D eigenvalue weighted by Gasteiger charge is 2.27. The van der Waals surface area contributed by atoms with Crippen molar-refractivity contribution < 1.29 is 4.79 Å². The maximum absolute atomic E-state index is 10.8. The molecule has 4 heteroatoms. The zero-order valence-corrected chi connectivity index (χ0v) is 10.0. The predicted molar refractivity (Wildman–Crippen MR) is 63.6 cm³/mol. The molecule has 0 spiro atoms. The van der Waals surface area contributed by atoms with Gasteiger partial charge in [-0.2, -0.15) is 5.10 Å². The van der Waals surface area contributed by atoms with Crippen LogP contribution in [0.15, 0.2) is 6.07 Å². The molecule has 1 aliphatic rings. The van der Waals surface area contributed by atoms with Crippen LogP contribution in [0.1, 0.15) is 44.2 Å². The standard InChI is InChI=1S/C12H19N3O/c1-3-4-7-15-12(14(2)9-16)8-11(13-15)10-5-6-10/h8-10H,3-7H2,1-2H3. The molecule has 1 aliphatic carbocycles. The van der Waals surface area contributed by atoms with Gasteiger partial charge in [-0.3, -0.25) is 4.79 Å². The summed E-state index contributed by atoms with van der Waals surface area (Å²) >= 11 is 0. The minimum absolute atomic E-state index is 0.640. The quantitative estimate of drug-likeness (QED) is 0.690. The third-order valence-electron chi connectivity index (χ3n) is 3.02. The summed E-state index contributed by atoms with van der Waals surface area (Å²) in [7, 11) is 1.78. The molecule has 1 amide bonds. The minimum atomic E-state index is 0.640. The highest BCUT2D eigenvalue weighted by molar-refractivity contribution is 5.72. The molecule has 0 aromatic carbocycles. The van der Waals surface area contributed by atoms with Gasteiger partial charge >= 0.3 is 0 Å². The van der Waals surface area contributed by atoms with Crippen LogP contribution in [0.5, 0.6) is 0 Å². The van der Waals surface area contributed by atoms with Gasteiger partial charge in [-0.1, -0.05) is 13.3 Å². The van der Waals surface area contributed by atoms with E-state index in [0.29, 0.717) is 5.92 Å². The fourth-order valence-electron chi connectivity index (χ4n) is 1.82. The molecule has 1 heterocycles. The lowest BCUT2D eigenvalue weighted by molar-refractivity contribution is -0.107. The number of aryl methyl sites for hydroxylation is 1. The Labute approximate surface area is 96.2 Å². The molecule has 0 atom stereocenters. The molecule has 88 valence electrons. The largest absolute Gasteiger partial charge is 0.303 e. The van der Waals surface area contributed by atoms with Crippen molar-refractivity contribution in [1.82, 2.24) is 9.78 Å². The summed E-state index contributed by atoms with van der Waals surface area (Å²) < 4.78 is 1.96. The van der Waals surface area contributed by atoms with Crippen molar-refractivity contribution in [1.29, 1.82) is 0 Å². The Kier molecular flexibility index (Phi) is 3.27. The maximum atomic E-state index is 10.8. The van der Waals surface area contributed by atoms with Crippen LogP contribution in [0.3, 0.4) is 0 Å². The van der Waals surface area contributed by atoms with Gasteiger partial charge in [-0.15, -0.1) is 0 Å². The number of amides is 1. The number of nitrogens with zero attached hydrogens (tertiary/aromatic N) is 3. The Hall–Kier alpha value is -1.32. The van der Waals surface area contributed by atoms with Gasteiger partial charge < -0.3 is 4.90 Å². The van der Waals surface area contributed by atoms with Crippen LogP contribution in [0, 0.1) is 0 Å². The number of hydrogen-bond donors (Lipinski definition) is 0. The molecule has 2 rings (SSSR count).